The second-order valence-corrected chi connectivity index (χ2v) is 12.1. The third kappa shape index (κ3) is 9.19. The molecular weight excluding hydrogens is 660 g/mol. The lowest BCUT2D eigenvalue weighted by Gasteiger charge is -2.48. The summed E-state index contributed by atoms with van der Waals surface area (Å²) in [7, 11) is 1.54. The van der Waals surface area contributed by atoms with Crippen LogP contribution in [0.25, 0.3) is 5.57 Å². The van der Waals surface area contributed by atoms with Gasteiger partial charge in [-0.2, -0.15) is 26.3 Å². The molecule has 1 amide bonds. The van der Waals surface area contributed by atoms with E-state index in [0.29, 0.717) is 49.0 Å². The maximum Gasteiger partial charge on any atom is 0.416 e. The van der Waals surface area contributed by atoms with Crippen molar-refractivity contribution in [2.24, 2.45) is 10.7 Å². The number of allylic oxidation sites excluding steroid dienone is 1. The van der Waals surface area contributed by atoms with Crippen molar-refractivity contribution in [2.45, 2.75) is 82.7 Å². The predicted octanol–water partition coefficient (Wildman–Crippen LogP) is 5.45. The molecule has 268 valence electrons. The lowest BCUT2D eigenvalue weighted by atomic mass is 9.87. The third-order valence-electron chi connectivity index (χ3n) is 8.70. The maximum absolute atomic E-state index is 13.8. The van der Waals surface area contributed by atoms with Crippen molar-refractivity contribution in [3.8, 4) is 0 Å². The Kier molecular flexibility index (Phi) is 11.8. The van der Waals surface area contributed by atoms with Gasteiger partial charge in [0.05, 0.1) is 17.7 Å². The van der Waals surface area contributed by atoms with E-state index in [1.807, 2.05) is 13.8 Å². The van der Waals surface area contributed by atoms with Crippen molar-refractivity contribution in [1.82, 2.24) is 19.8 Å². The zero-order valence-electron chi connectivity index (χ0n) is 27.2. The van der Waals surface area contributed by atoms with Crippen LogP contribution in [0.5, 0.6) is 0 Å². The number of nitrogens with zero attached hydrogens (tertiary/aromatic N) is 6. The molecule has 0 bridgehead atoms. The molecule has 2 saturated heterocycles. The van der Waals surface area contributed by atoms with Crippen molar-refractivity contribution in [3.63, 3.8) is 0 Å². The molecule has 17 heteroatoms. The van der Waals surface area contributed by atoms with E-state index in [1.165, 1.54) is 24.8 Å². The fraction of sp³-hybridized carbons (Fsp3) is 0.531. The number of anilines is 1. The van der Waals surface area contributed by atoms with Crippen LogP contribution in [0.15, 0.2) is 41.8 Å². The molecule has 1 aromatic carbocycles. The van der Waals surface area contributed by atoms with Gasteiger partial charge in [-0.05, 0) is 49.4 Å². The Bertz CT molecular complexity index is 1480. The van der Waals surface area contributed by atoms with Gasteiger partial charge >= 0.3 is 24.4 Å². The Morgan fingerprint density at radius 3 is 2.02 bits per heavy atom. The first kappa shape index (κ1) is 37.4. The van der Waals surface area contributed by atoms with E-state index < -0.39 is 59.8 Å². The highest BCUT2D eigenvalue weighted by molar-refractivity contribution is 6.09. The van der Waals surface area contributed by atoms with Crippen LogP contribution in [-0.4, -0.2) is 94.1 Å². The molecule has 2 fully saturated rings. The van der Waals surface area contributed by atoms with E-state index in [4.69, 9.17) is 15.6 Å². The number of hydrogen-bond acceptors (Lipinski definition) is 9. The van der Waals surface area contributed by atoms with Gasteiger partial charge in [0.1, 0.15) is 6.10 Å². The Hall–Kier alpha value is -4.41. The Balaban J connectivity index is 1.68. The van der Waals surface area contributed by atoms with Gasteiger partial charge in [-0.1, -0.05) is 13.8 Å². The number of carboxylic acids is 1. The number of nitrogens with two attached hydrogens (primary N) is 1. The number of hydrogen-bond donors (Lipinski definition) is 2. The molecule has 3 heterocycles. The number of piperidine rings is 1. The number of likely N-dealkylation sites (tertiary alicyclic amines) is 2. The second-order valence-electron chi connectivity index (χ2n) is 12.1. The molecule has 0 saturated carbocycles. The van der Waals surface area contributed by atoms with Crippen LogP contribution in [0.3, 0.4) is 0 Å². The normalized spacial score (nSPS) is 21.1. The van der Waals surface area contributed by atoms with E-state index in [2.05, 4.69) is 15.0 Å². The van der Waals surface area contributed by atoms with Crippen molar-refractivity contribution in [3.05, 3.63) is 59.0 Å². The van der Waals surface area contributed by atoms with Crippen LogP contribution in [0.4, 0.5) is 37.1 Å². The van der Waals surface area contributed by atoms with Gasteiger partial charge in [0.15, 0.2) is 0 Å². The predicted molar refractivity (Wildman–Crippen MR) is 169 cm³/mol. The molecule has 2 aromatic rings. The molecule has 49 heavy (non-hydrogen) atoms. The van der Waals surface area contributed by atoms with Crippen LogP contribution in [0.1, 0.15) is 61.8 Å². The highest BCUT2D eigenvalue weighted by atomic mass is 19.4. The average molecular weight is 700 g/mol. The van der Waals surface area contributed by atoms with E-state index in [-0.39, 0.29) is 43.8 Å². The molecule has 1 aromatic heterocycles. The lowest BCUT2D eigenvalue weighted by molar-refractivity contribution is -0.143. The molecule has 2 unspecified atom stereocenters. The molecule has 3 N–H and O–H groups in total. The first-order valence-corrected chi connectivity index (χ1v) is 15.7. The molecule has 0 spiro atoms. The van der Waals surface area contributed by atoms with E-state index in [1.54, 1.807) is 21.7 Å². The highest BCUT2D eigenvalue weighted by Gasteiger charge is 2.43. The number of rotatable bonds is 11. The molecule has 3 atom stereocenters. The fourth-order valence-electron chi connectivity index (χ4n) is 6.29. The zero-order valence-corrected chi connectivity index (χ0v) is 27.2. The zero-order chi connectivity index (χ0) is 36.1. The number of alkyl halides is 6. The Morgan fingerprint density at radius 2 is 1.57 bits per heavy atom. The van der Waals surface area contributed by atoms with Crippen LogP contribution >= 0.6 is 0 Å². The largest absolute Gasteiger partial charge is 0.480 e. The monoisotopic (exact) mass is 699 g/mol. The first-order valence-electron chi connectivity index (χ1n) is 15.7. The molecule has 11 nitrogen and oxygen atoms in total. The summed E-state index contributed by atoms with van der Waals surface area (Å²) >= 11 is 0. The summed E-state index contributed by atoms with van der Waals surface area (Å²) < 4.78 is 88.3. The molecule has 2 aliphatic heterocycles. The van der Waals surface area contributed by atoms with E-state index >= 15 is 0 Å². The SMILES string of the molecule is CCC1CC(N(Cc2cc(C(F)(F)F)cc(C(F)(F)F)c2)c2ncc(C(C=NC)=CN)cn2)C[C@H](CC)N1C(=O)OC1CN(CC(=O)O)C1. The van der Waals surface area contributed by atoms with Crippen LogP contribution in [0.2, 0.25) is 0 Å². The maximum atomic E-state index is 13.8. The van der Waals surface area contributed by atoms with Crippen molar-refractivity contribution in [2.75, 3.05) is 31.6 Å². The number of amides is 1. The molecule has 4 rings (SSSR count). The summed E-state index contributed by atoms with van der Waals surface area (Å²) in [5, 5.41) is 8.99. The second kappa shape index (κ2) is 15.4. The first-order chi connectivity index (χ1) is 23.1. The van der Waals surface area contributed by atoms with Crippen molar-refractivity contribution in [1.29, 1.82) is 0 Å². The van der Waals surface area contributed by atoms with Gasteiger partial charge in [0.2, 0.25) is 5.95 Å². The summed E-state index contributed by atoms with van der Waals surface area (Å²) in [4.78, 5) is 42.1. The number of ether oxygens (including phenoxy) is 1. The average Bonchev–Trinajstić information content (AvgIpc) is 3.03. The third-order valence-corrected chi connectivity index (χ3v) is 8.70. The summed E-state index contributed by atoms with van der Waals surface area (Å²) in [6, 6.07) is 0.183. The summed E-state index contributed by atoms with van der Waals surface area (Å²) in [5.74, 6) is -0.920. The minimum Gasteiger partial charge on any atom is -0.480 e. The van der Waals surface area contributed by atoms with Crippen LogP contribution in [-0.2, 0) is 28.4 Å². The van der Waals surface area contributed by atoms with Crippen molar-refractivity contribution < 1.29 is 45.8 Å². The number of carbonyl (C=O) groups is 2. The smallest absolute Gasteiger partial charge is 0.416 e. The standard InChI is InChI=1S/C32H39F6N7O4/c1-4-24-9-26(10-25(5-2)45(24)30(48)49-27-16-43(17-27)18-28(46)47)44(29-41-13-21(14-42-29)20(11-39)12-40-3)15-19-6-22(31(33,34)35)8-23(7-19)32(36,37)38/h6-8,11-14,24-27H,4-5,9-10,15-18,39H2,1-3H3,(H,46,47)/t24-,25?,26?/m0/s1. The molecule has 2 aliphatic rings. The van der Waals surface area contributed by atoms with Gasteiger partial charge in [-0.15, -0.1) is 0 Å². The van der Waals surface area contributed by atoms with E-state index in [0.717, 1.165) is 0 Å². The summed E-state index contributed by atoms with van der Waals surface area (Å²) in [6.07, 6.45) is -3.87. The molecular formula is C32H39F6N7O4. The highest BCUT2D eigenvalue weighted by Crippen LogP contribution is 2.38. The number of aromatic nitrogens is 2. The van der Waals surface area contributed by atoms with Gasteiger partial charge < -0.3 is 25.4 Å². The van der Waals surface area contributed by atoms with Crippen LogP contribution < -0.4 is 10.6 Å². The van der Waals surface area contributed by atoms with E-state index in [9.17, 15) is 35.9 Å². The molecule has 0 aliphatic carbocycles. The molecule has 0 radical (unpaired) electrons. The fourth-order valence-corrected chi connectivity index (χ4v) is 6.29. The minimum atomic E-state index is -5.03. The number of carbonyl (C=O) groups excluding carboxylic acids is 1. The Labute approximate surface area is 279 Å². The minimum absolute atomic E-state index is 0.0678. The van der Waals surface area contributed by atoms with Gasteiger partial charge in [-0.25, -0.2) is 14.8 Å². The summed E-state index contributed by atoms with van der Waals surface area (Å²) in [5.41, 5.74) is 3.58. The quantitative estimate of drug-likeness (QED) is 0.232. The van der Waals surface area contributed by atoms with Crippen LogP contribution in [0, 0.1) is 0 Å². The number of aliphatic carboxylic acids is 1. The Morgan fingerprint density at radius 1 is 1.02 bits per heavy atom. The van der Waals surface area contributed by atoms with Gasteiger partial charge in [0.25, 0.3) is 0 Å². The number of benzene rings is 1. The number of aliphatic imine (C=N–C) groups is 1. The summed E-state index contributed by atoms with van der Waals surface area (Å²) in [6.45, 7) is 3.75. The lowest BCUT2D eigenvalue weighted by Crippen LogP contribution is -2.60. The number of halogens is 6. The number of carboxylic acid groups (broad SMARTS) is 1. The van der Waals surface area contributed by atoms with Gasteiger partial charge in [0, 0.05) is 80.8 Å². The topological polar surface area (TPSA) is 137 Å². The van der Waals surface area contributed by atoms with Crippen molar-refractivity contribution >= 4 is 29.8 Å². The van der Waals surface area contributed by atoms with Gasteiger partial charge in [-0.3, -0.25) is 14.7 Å².